The highest BCUT2D eigenvalue weighted by molar-refractivity contribution is 5.93. The Bertz CT molecular complexity index is 568. The van der Waals surface area contributed by atoms with E-state index in [1.54, 1.807) is 19.4 Å². The zero-order chi connectivity index (χ0) is 11.1. The van der Waals surface area contributed by atoms with Gasteiger partial charge < -0.3 is 13.9 Å². The molecule has 0 spiro atoms. The first-order valence-corrected chi connectivity index (χ1v) is 5.07. The lowest BCUT2D eigenvalue weighted by Crippen LogP contribution is -2.15. The SMILES string of the molecule is COc1cc2c(c3ccoc13)OC(=O)CC2. The number of rotatable bonds is 1. The fourth-order valence-corrected chi connectivity index (χ4v) is 2.00. The average molecular weight is 218 g/mol. The third-order valence-electron chi connectivity index (χ3n) is 2.76. The minimum Gasteiger partial charge on any atom is -0.493 e. The first-order chi connectivity index (χ1) is 7.79. The maximum Gasteiger partial charge on any atom is 0.311 e. The first kappa shape index (κ1) is 9.27. The highest BCUT2D eigenvalue weighted by atomic mass is 16.5. The van der Waals surface area contributed by atoms with Gasteiger partial charge in [0.25, 0.3) is 0 Å². The second-order valence-electron chi connectivity index (χ2n) is 3.70. The number of esters is 1. The van der Waals surface area contributed by atoms with Crippen LogP contribution in [-0.2, 0) is 11.2 Å². The van der Waals surface area contributed by atoms with Crippen LogP contribution in [0.4, 0.5) is 0 Å². The van der Waals surface area contributed by atoms with E-state index in [-0.39, 0.29) is 5.97 Å². The number of fused-ring (bicyclic) bond motifs is 3. The number of benzene rings is 1. The molecule has 0 saturated carbocycles. The van der Waals surface area contributed by atoms with E-state index in [1.807, 2.05) is 6.07 Å². The summed E-state index contributed by atoms with van der Waals surface area (Å²) in [5.74, 6) is 1.10. The Labute approximate surface area is 91.7 Å². The molecule has 0 fully saturated rings. The second-order valence-corrected chi connectivity index (χ2v) is 3.70. The summed E-state index contributed by atoms with van der Waals surface area (Å²) >= 11 is 0. The Hall–Kier alpha value is -1.97. The quantitative estimate of drug-likeness (QED) is 0.544. The van der Waals surface area contributed by atoms with Gasteiger partial charge in [0, 0.05) is 5.56 Å². The number of furan rings is 1. The molecule has 0 saturated heterocycles. The molecule has 1 aromatic carbocycles. The van der Waals surface area contributed by atoms with Gasteiger partial charge in [0.15, 0.2) is 11.3 Å². The molecule has 4 nitrogen and oxygen atoms in total. The van der Waals surface area contributed by atoms with Gasteiger partial charge in [0.05, 0.1) is 25.2 Å². The van der Waals surface area contributed by atoms with Crippen LogP contribution in [0.15, 0.2) is 22.8 Å². The van der Waals surface area contributed by atoms with Crippen molar-refractivity contribution in [2.45, 2.75) is 12.8 Å². The number of hydrogen-bond donors (Lipinski definition) is 0. The van der Waals surface area contributed by atoms with Crippen molar-refractivity contribution in [1.82, 2.24) is 0 Å². The lowest BCUT2D eigenvalue weighted by atomic mass is 10.0. The van der Waals surface area contributed by atoms with E-state index in [1.165, 1.54) is 0 Å². The van der Waals surface area contributed by atoms with E-state index in [0.717, 1.165) is 10.9 Å². The van der Waals surface area contributed by atoms with E-state index in [4.69, 9.17) is 13.9 Å². The van der Waals surface area contributed by atoms with Crippen LogP contribution in [0, 0.1) is 0 Å². The van der Waals surface area contributed by atoms with Crippen molar-refractivity contribution in [3.63, 3.8) is 0 Å². The van der Waals surface area contributed by atoms with Crippen molar-refractivity contribution in [3.05, 3.63) is 24.0 Å². The predicted octanol–water partition coefficient (Wildman–Crippen LogP) is 2.29. The molecule has 0 amide bonds. The minimum absolute atomic E-state index is 0.194. The Morgan fingerprint density at radius 1 is 1.38 bits per heavy atom. The molecule has 0 N–H and O–H groups in total. The van der Waals surface area contributed by atoms with E-state index in [0.29, 0.717) is 29.9 Å². The minimum atomic E-state index is -0.194. The molecule has 4 heteroatoms. The molecule has 2 heterocycles. The van der Waals surface area contributed by atoms with Crippen LogP contribution in [0.1, 0.15) is 12.0 Å². The third kappa shape index (κ3) is 1.19. The van der Waals surface area contributed by atoms with Crippen LogP contribution in [0.5, 0.6) is 11.5 Å². The van der Waals surface area contributed by atoms with Crippen molar-refractivity contribution >= 4 is 16.9 Å². The van der Waals surface area contributed by atoms with Gasteiger partial charge in [0.1, 0.15) is 5.75 Å². The molecule has 82 valence electrons. The number of ether oxygens (including phenoxy) is 2. The molecule has 1 aliphatic rings. The van der Waals surface area contributed by atoms with Crippen LogP contribution < -0.4 is 9.47 Å². The van der Waals surface area contributed by atoms with Crippen LogP contribution in [-0.4, -0.2) is 13.1 Å². The summed E-state index contributed by atoms with van der Waals surface area (Å²) in [4.78, 5) is 11.3. The summed E-state index contributed by atoms with van der Waals surface area (Å²) < 4.78 is 15.8. The van der Waals surface area contributed by atoms with E-state index in [9.17, 15) is 4.79 Å². The average Bonchev–Trinajstić information content (AvgIpc) is 2.77. The summed E-state index contributed by atoms with van der Waals surface area (Å²) in [6.07, 6.45) is 2.67. The van der Waals surface area contributed by atoms with Gasteiger partial charge in [-0.3, -0.25) is 4.79 Å². The Morgan fingerprint density at radius 2 is 2.25 bits per heavy atom. The zero-order valence-corrected chi connectivity index (χ0v) is 8.78. The van der Waals surface area contributed by atoms with Crippen molar-refractivity contribution in [2.75, 3.05) is 7.11 Å². The lowest BCUT2D eigenvalue weighted by molar-refractivity contribution is -0.135. The number of hydrogen-bond acceptors (Lipinski definition) is 4. The predicted molar refractivity (Wildman–Crippen MR) is 56.7 cm³/mol. The van der Waals surface area contributed by atoms with Gasteiger partial charge in [-0.1, -0.05) is 0 Å². The van der Waals surface area contributed by atoms with Crippen LogP contribution >= 0.6 is 0 Å². The molecular formula is C12H10O4. The molecule has 0 atom stereocenters. The van der Waals surface area contributed by atoms with Gasteiger partial charge >= 0.3 is 5.97 Å². The molecular weight excluding hydrogens is 208 g/mol. The number of aryl methyl sites for hydroxylation is 1. The molecule has 1 aromatic heterocycles. The van der Waals surface area contributed by atoms with E-state index >= 15 is 0 Å². The molecule has 0 unspecified atom stereocenters. The highest BCUT2D eigenvalue weighted by Gasteiger charge is 2.23. The summed E-state index contributed by atoms with van der Waals surface area (Å²) in [6.45, 7) is 0. The fourth-order valence-electron chi connectivity index (χ4n) is 2.00. The van der Waals surface area contributed by atoms with Gasteiger partial charge in [0.2, 0.25) is 0 Å². The number of carbonyl (C=O) groups excluding carboxylic acids is 1. The van der Waals surface area contributed by atoms with Crippen molar-refractivity contribution < 1.29 is 18.7 Å². The molecule has 16 heavy (non-hydrogen) atoms. The molecule has 0 radical (unpaired) electrons. The summed E-state index contributed by atoms with van der Waals surface area (Å²) in [6, 6.07) is 3.66. The highest BCUT2D eigenvalue weighted by Crippen LogP contribution is 2.39. The second kappa shape index (κ2) is 3.27. The smallest absolute Gasteiger partial charge is 0.311 e. The largest absolute Gasteiger partial charge is 0.493 e. The lowest BCUT2D eigenvalue weighted by Gasteiger charge is -2.17. The Kier molecular flexibility index (Phi) is 1.89. The van der Waals surface area contributed by atoms with Crippen LogP contribution in [0.3, 0.4) is 0 Å². The van der Waals surface area contributed by atoms with Crippen molar-refractivity contribution in [2.24, 2.45) is 0 Å². The maximum absolute atomic E-state index is 11.3. The molecule has 0 bridgehead atoms. The number of carbonyl (C=O) groups is 1. The van der Waals surface area contributed by atoms with E-state index < -0.39 is 0 Å². The Morgan fingerprint density at radius 3 is 3.06 bits per heavy atom. The van der Waals surface area contributed by atoms with Crippen LogP contribution in [0.25, 0.3) is 11.0 Å². The van der Waals surface area contributed by atoms with Gasteiger partial charge in [-0.2, -0.15) is 0 Å². The molecule has 1 aliphatic heterocycles. The van der Waals surface area contributed by atoms with Gasteiger partial charge in [-0.25, -0.2) is 0 Å². The molecule has 2 aromatic rings. The fraction of sp³-hybridized carbons (Fsp3) is 0.250. The van der Waals surface area contributed by atoms with Crippen molar-refractivity contribution in [3.8, 4) is 11.5 Å². The summed E-state index contributed by atoms with van der Waals surface area (Å²) in [5, 5.41) is 0.794. The maximum atomic E-state index is 11.3. The van der Waals surface area contributed by atoms with Gasteiger partial charge in [-0.05, 0) is 18.6 Å². The topological polar surface area (TPSA) is 48.7 Å². The van der Waals surface area contributed by atoms with E-state index in [2.05, 4.69) is 0 Å². The zero-order valence-electron chi connectivity index (χ0n) is 8.78. The first-order valence-electron chi connectivity index (χ1n) is 5.07. The monoisotopic (exact) mass is 218 g/mol. The Balaban J connectivity index is 2.31. The normalized spacial score (nSPS) is 14.7. The van der Waals surface area contributed by atoms with Gasteiger partial charge in [-0.15, -0.1) is 0 Å². The van der Waals surface area contributed by atoms with Crippen LogP contribution in [0.2, 0.25) is 0 Å². The summed E-state index contributed by atoms with van der Waals surface area (Å²) in [5.41, 5.74) is 1.61. The molecule has 3 rings (SSSR count). The molecule has 0 aliphatic carbocycles. The van der Waals surface area contributed by atoms with Crippen molar-refractivity contribution in [1.29, 1.82) is 0 Å². The summed E-state index contributed by atoms with van der Waals surface area (Å²) in [7, 11) is 1.60. The third-order valence-corrected chi connectivity index (χ3v) is 2.76. The standard InChI is InChI=1S/C12H10O4/c1-14-9-6-7-2-3-10(13)16-11(7)8-4-5-15-12(8)9/h4-6H,2-3H2,1H3. The number of methoxy groups -OCH3 is 1.